The zero-order chi connectivity index (χ0) is 20.5. The zero-order valence-electron chi connectivity index (χ0n) is 16.5. The average Bonchev–Trinajstić information content (AvgIpc) is 3.02. The number of nitrogens with zero attached hydrogens (tertiary/aromatic N) is 2. The van der Waals surface area contributed by atoms with Crippen LogP contribution in [0.4, 0.5) is 0 Å². The monoisotopic (exact) mass is 399 g/mol. The summed E-state index contributed by atoms with van der Waals surface area (Å²) in [5.74, 6) is 0.00942. The first-order valence-corrected chi connectivity index (χ1v) is 10.5. The fourth-order valence-electron chi connectivity index (χ4n) is 3.15. The van der Waals surface area contributed by atoms with E-state index in [1.165, 1.54) is 24.0 Å². The van der Waals surface area contributed by atoms with Crippen LogP contribution in [0.5, 0.6) is 0 Å². The zero-order valence-corrected chi connectivity index (χ0v) is 17.3. The van der Waals surface area contributed by atoms with Crippen molar-refractivity contribution in [2.75, 3.05) is 20.6 Å². The maximum Gasteiger partial charge on any atom is 0.267 e. The fraction of sp³-hybridized carbons (Fsp3) is 0.286. The minimum atomic E-state index is -3.52. The van der Waals surface area contributed by atoms with Crippen molar-refractivity contribution in [1.82, 2.24) is 14.2 Å². The highest BCUT2D eigenvalue weighted by Crippen LogP contribution is 2.24. The van der Waals surface area contributed by atoms with Gasteiger partial charge in [0.1, 0.15) is 5.69 Å². The van der Waals surface area contributed by atoms with Crippen LogP contribution < -0.4 is 5.32 Å². The van der Waals surface area contributed by atoms with Gasteiger partial charge < -0.3 is 9.88 Å². The smallest absolute Gasteiger partial charge is 0.267 e. The molecule has 2 aromatic carbocycles. The van der Waals surface area contributed by atoms with Crippen LogP contribution >= 0.6 is 0 Å². The van der Waals surface area contributed by atoms with Gasteiger partial charge in [-0.25, -0.2) is 12.7 Å². The minimum absolute atomic E-state index is 0.182. The third-order valence-electron chi connectivity index (χ3n) is 4.96. The van der Waals surface area contributed by atoms with Crippen LogP contribution in [0.25, 0.3) is 10.9 Å². The Kier molecular flexibility index (Phi) is 5.58. The molecule has 0 saturated carbocycles. The lowest BCUT2D eigenvalue weighted by atomic mass is 10.0. The van der Waals surface area contributed by atoms with Gasteiger partial charge in [-0.05, 0) is 35.7 Å². The molecule has 0 aliphatic carbocycles. The average molecular weight is 400 g/mol. The van der Waals surface area contributed by atoms with Crippen molar-refractivity contribution >= 4 is 26.8 Å². The van der Waals surface area contributed by atoms with E-state index in [-0.39, 0.29) is 16.7 Å². The number of nitrogens with one attached hydrogen (secondary N) is 1. The molecule has 0 radical (unpaired) electrons. The van der Waals surface area contributed by atoms with Crippen LogP contribution in [0.3, 0.4) is 0 Å². The molecule has 0 fully saturated rings. The molecule has 0 unspecified atom stereocenters. The molecule has 7 heteroatoms. The Bertz CT molecular complexity index is 1100. The normalized spacial score (nSPS) is 13.0. The van der Waals surface area contributed by atoms with Crippen molar-refractivity contribution in [2.24, 2.45) is 7.05 Å². The number of aromatic nitrogens is 1. The molecule has 0 aliphatic heterocycles. The SMILES string of the molecule is C[C@H](CNC(=O)c1cc2cc(S(=O)(=O)N(C)C)ccc2n1C)c1ccccc1. The molecular formula is C21H25N3O3S. The number of carbonyl (C=O) groups is 1. The second-order valence-corrected chi connectivity index (χ2v) is 9.27. The van der Waals surface area contributed by atoms with Gasteiger partial charge >= 0.3 is 0 Å². The first kappa shape index (κ1) is 20.1. The van der Waals surface area contributed by atoms with Crippen LogP contribution in [0.15, 0.2) is 59.5 Å². The van der Waals surface area contributed by atoms with Gasteiger partial charge in [0.15, 0.2) is 0 Å². The molecule has 28 heavy (non-hydrogen) atoms. The first-order valence-electron chi connectivity index (χ1n) is 9.07. The molecule has 0 aliphatic rings. The van der Waals surface area contributed by atoms with Crippen LogP contribution in [0.2, 0.25) is 0 Å². The number of sulfonamides is 1. The summed E-state index contributed by atoms with van der Waals surface area (Å²) >= 11 is 0. The van der Waals surface area contributed by atoms with E-state index in [0.717, 1.165) is 5.52 Å². The molecule has 1 N–H and O–H groups in total. The summed E-state index contributed by atoms with van der Waals surface area (Å²) in [6.07, 6.45) is 0. The number of aryl methyl sites for hydroxylation is 1. The van der Waals surface area contributed by atoms with E-state index in [9.17, 15) is 13.2 Å². The highest BCUT2D eigenvalue weighted by atomic mass is 32.2. The van der Waals surface area contributed by atoms with Gasteiger partial charge in [-0.15, -0.1) is 0 Å². The number of hydrogen-bond acceptors (Lipinski definition) is 3. The van der Waals surface area contributed by atoms with Crippen molar-refractivity contribution < 1.29 is 13.2 Å². The van der Waals surface area contributed by atoms with Gasteiger partial charge in [-0.1, -0.05) is 37.3 Å². The van der Waals surface area contributed by atoms with Gasteiger partial charge in [0.2, 0.25) is 10.0 Å². The van der Waals surface area contributed by atoms with E-state index < -0.39 is 10.0 Å². The lowest BCUT2D eigenvalue weighted by molar-refractivity contribution is 0.0944. The summed E-state index contributed by atoms with van der Waals surface area (Å²) in [5, 5.41) is 3.69. The van der Waals surface area contributed by atoms with Crippen LogP contribution in [-0.2, 0) is 17.1 Å². The molecule has 1 atom stereocenters. The van der Waals surface area contributed by atoms with Gasteiger partial charge in [0.25, 0.3) is 5.91 Å². The largest absolute Gasteiger partial charge is 0.350 e. The van der Waals surface area contributed by atoms with Gasteiger partial charge in [0, 0.05) is 38.6 Å². The van der Waals surface area contributed by atoms with E-state index in [0.29, 0.717) is 17.6 Å². The number of fused-ring (bicyclic) bond motifs is 1. The van der Waals surface area contributed by atoms with Crippen molar-refractivity contribution in [1.29, 1.82) is 0 Å². The molecule has 0 bridgehead atoms. The maximum atomic E-state index is 12.7. The van der Waals surface area contributed by atoms with Crippen LogP contribution in [0.1, 0.15) is 28.9 Å². The summed E-state index contributed by atoms with van der Waals surface area (Å²) in [7, 11) is 1.28. The van der Waals surface area contributed by atoms with Gasteiger partial charge in [-0.2, -0.15) is 0 Å². The molecule has 148 valence electrons. The van der Waals surface area contributed by atoms with Crippen molar-refractivity contribution in [3.8, 4) is 0 Å². The van der Waals surface area contributed by atoms with E-state index in [1.54, 1.807) is 35.9 Å². The van der Waals surface area contributed by atoms with Crippen molar-refractivity contribution in [3.63, 3.8) is 0 Å². The minimum Gasteiger partial charge on any atom is -0.350 e. The van der Waals surface area contributed by atoms with E-state index >= 15 is 0 Å². The predicted molar refractivity (Wildman–Crippen MR) is 111 cm³/mol. The summed E-state index contributed by atoms with van der Waals surface area (Å²) in [6, 6.07) is 16.6. The maximum absolute atomic E-state index is 12.7. The first-order chi connectivity index (χ1) is 13.2. The Morgan fingerprint density at radius 3 is 2.43 bits per heavy atom. The second-order valence-electron chi connectivity index (χ2n) is 7.12. The number of benzene rings is 2. The van der Waals surface area contributed by atoms with Gasteiger partial charge in [-0.3, -0.25) is 4.79 Å². The Morgan fingerprint density at radius 1 is 1.11 bits per heavy atom. The molecule has 1 heterocycles. The summed E-state index contributed by atoms with van der Waals surface area (Å²) in [5.41, 5.74) is 2.46. The molecular weight excluding hydrogens is 374 g/mol. The quantitative estimate of drug-likeness (QED) is 0.693. The third kappa shape index (κ3) is 3.81. The number of hydrogen-bond donors (Lipinski definition) is 1. The molecule has 3 aromatic rings. The predicted octanol–water partition coefficient (Wildman–Crippen LogP) is 2.96. The summed E-state index contributed by atoms with van der Waals surface area (Å²) < 4.78 is 27.7. The van der Waals surface area contributed by atoms with E-state index in [2.05, 4.69) is 12.2 Å². The lowest BCUT2D eigenvalue weighted by Gasteiger charge is -2.13. The highest BCUT2D eigenvalue weighted by Gasteiger charge is 2.20. The third-order valence-corrected chi connectivity index (χ3v) is 6.77. The summed E-state index contributed by atoms with van der Waals surface area (Å²) in [4.78, 5) is 12.9. The molecule has 1 amide bonds. The number of carbonyl (C=O) groups excluding carboxylic acids is 1. The number of amides is 1. The molecule has 6 nitrogen and oxygen atoms in total. The van der Waals surface area contributed by atoms with Crippen molar-refractivity contribution in [3.05, 3.63) is 65.9 Å². The Balaban J connectivity index is 1.83. The molecule has 0 spiro atoms. The van der Waals surface area contributed by atoms with Crippen LogP contribution in [0, 0.1) is 0 Å². The fourth-order valence-corrected chi connectivity index (χ4v) is 4.09. The van der Waals surface area contributed by atoms with Crippen LogP contribution in [-0.4, -0.2) is 43.8 Å². The Hall–Kier alpha value is -2.64. The van der Waals surface area contributed by atoms with E-state index in [1.807, 2.05) is 30.3 Å². The molecule has 1 aromatic heterocycles. The van der Waals surface area contributed by atoms with E-state index in [4.69, 9.17) is 0 Å². The van der Waals surface area contributed by atoms with Gasteiger partial charge in [0.05, 0.1) is 4.90 Å². The highest BCUT2D eigenvalue weighted by molar-refractivity contribution is 7.89. The summed E-state index contributed by atoms with van der Waals surface area (Å²) in [6.45, 7) is 2.58. The molecule has 3 rings (SSSR count). The Morgan fingerprint density at radius 2 is 1.79 bits per heavy atom. The number of rotatable bonds is 6. The molecule has 0 saturated heterocycles. The lowest BCUT2D eigenvalue weighted by Crippen LogP contribution is -2.28. The topological polar surface area (TPSA) is 71.4 Å². The Labute approximate surface area is 165 Å². The standard InChI is InChI=1S/C21H25N3O3S/c1-15(16-8-6-5-7-9-16)14-22-21(25)20-13-17-12-18(28(26,27)23(2)3)10-11-19(17)24(20)4/h5-13,15H,14H2,1-4H3,(H,22,25)/t15-/m1/s1. The van der Waals surface area contributed by atoms with Crippen molar-refractivity contribution in [2.45, 2.75) is 17.7 Å². The second kappa shape index (κ2) is 7.77.